The zero-order chi connectivity index (χ0) is 18.7. The van der Waals surface area contributed by atoms with E-state index >= 15 is 0 Å². The lowest BCUT2D eigenvalue weighted by Gasteiger charge is -2.62. The summed E-state index contributed by atoms with van der Waals surface area (Å²) in [6.45, 7) is 7.03. The third-order valence-electron chi connectivity index (χ3n) is 9.39. The monoisotopic (exact) mass is 363 g/mol. The largest absolute Gasteiger partial charge is 0.399 e. The maximum Gasteiger partial charge on any atom is 0.106 e. The first kappa shape index (κ1) is 18.7. The summed E-state index contributed by atoms with van der Waals surface area (Å²) < 4.78 is 0. The summed E-state index contributed by atoms with van der Waals surface area (Å²) in [7, 11) is 1.64. The van der Waals surface area contributed by atoms with Crippen LogP contribution in [0.1, 0.15) is 72.1 Å². The highest BCUT2D eigenvalue weighted by Crippen LogP contribution is 2.67. The van der Waals surface area contributed by atoms with E-state index < -0.39 is 0 Å². The van der Waals surface area contributed by atoms with Gasteiger partial charge in [0, 0.05) is 5.92 Å². The van der Waals surface area contributed by atoms with E-state index in [1.165, 1.54) is 25.7 Å². The van der Waals surface area contributed by atoms with Crippen molar-refractivity contribution in [3.63, 3.8) is 0 Å². The molecule has 148 valence electrons. The molecule has 4 aliphatic rings. The van der Waals surface area contributed by atoms with Crippen LogP contribution in [0.2, 0.25) is 0 Å². The Balaban J connectivity index is 1.63. The molecule has 0 aliphatic heterocycles. The molecular formula is C22H37NO3. The van der Waals surface area contributed by atoms with E-state index in [4.69, 9.17) is 4.84 Å². The zero-order valence-electron chi connectivity index (χ0n) is 16.9. The Labute approximate surface area is 158 Å². The van der Waals surface area contributed by atoms with Gasteiger partial charge in [0.15, 0.2) is 0 Å². The predicted octanol–water partition coefficient (Wildman–Crippen LogP) is 4.00. The van der Waals surface area contributed by atoms with E-state index in [1.807, 2.05) is 0 Å². The molecular weight excluding hydrogens is 326 g/mol. The van der Waals surface area contributed by atoms with Gasteiger partial charge in [-0.1, -0.05) is 19.0 Å². The number of aliphatic hydroxyl groups is 2. The Kier molecular flexibility index (Phi) is 4.67. The number of oxime groups is 1. The van der Waals surface area contributed by atoms with Crippen LogP contribution in [0.4, 0.5) is 0 Å². The van der Waals surface area contributed by atoms with E-state index in [9.17, 15) is 10.2 Å². The van der Waals surface area contributed by atoms with Crippen molar-refractivity contribution in [3.05, 3.63) is 0 Å². The van der Waals surface area contributed by atoms with Gasteiger partial charge in [-0.25, -0.2) is 0 Å². The fourth-order valence-corrected chi connectivity index (χ4v) is 8.17. The van der Waals surface area contributed by atoms with Gasteiger partial charge in [-0.2, -0.15) is 0 Å². The molecule has 0 aromatic heterocycles. The number of rotatable bonds is 2. The van der Waals surface area contributed by atoms with Crippen LogP contribution in [0.25, 0.3) is 0 Å². The Morgan fingerprint density at radius 1 is 0.923 bits per heavy atom. The molecule has 4 saturated carbocycles. The average Bonchev–Trinajstić information content (AvgIpc) is 2.94. The summed E-state index contributed by atoms with van der Waals surface area (Å²) in [4.78, 5) is 5.09. The summed E-state index contributed by atoms with van der Waals surface area (Å²) in [6, 6.07) is 0. The van der Waals surface area contributed by atoms with Crippen molar-refractivity contribution >= 4 is 5.71 Å². The Morgan fingerprint density at radius 3 is 2.35 bits per heavy atom. The minimum absolute atomic E-state index is 0.205. The summed E-state index contributed by atoms with van der Waals surface area (Å²) >= 11 is 0. The topological polar surface area (TPSA) is 62.0 Å². The Bertz CT molecular complexity index is 578. The molecule has 0 amide bonds. The lowest BCUT2D eigenvalue weighted by Crippen LogP contribution is -2.58. The van der Waals surface area contributed by atoms with Gasteiger partial charge in [0.25, 0.3) is 0 Å². The molecule has 2 N–H and O–H groups in total. The fourth-order valence-electron chi connectivity index (χ4n) is 8.17. The fraction of sp³-hybridized carbons (Fsp3) is 0.955. The van der Waals surface area contributed by atoms with E-state index in [0.29, 0.717) is 29.1 Å². The summed E-state index contributed by atoms with van der Waals surface area (Å²) in [5, 5.41) is 25.5. The maximum atomic E-state index is 11.0. The minimum atomic E-state index is -0.244. The molecule has 4 fully saturated rings. The van der Waals surface area contributed by atoms with Crippen LogP contribution >= 0.6 is 0 Å². The number of aliphatic hydroxyl groups excluding tert-OH is 2. The molecule has 0 spiro atoms. The highest BCUT2D eigenvalue weighted by atomic mass is 16.6. The molecule has 26 heavy (non-hydrogen) atoms. The second-order valence-electron chi connectivity index (χ2n) is 10.3. The van der Waals surface area contributed by atoms with E-state index in [2.05, 4.69) is 25.9 Å². The molecule has 0 saturated heterocycles. The molecule has 0 unspecified atom stereocenters. The van der Waals surface area contributed by atoms with Crippen LogP contribution in [0.3, 0.4) is 0 Å². The molecule has 4 aliphatic carbocycles. The lowest BCUT2D eigenvalue weighted by atomic mass is 9.44. The van der Waals surface area contributed by atoms with Gasteiger partial charge < -0.3 is 15.1 Å². The van der Waals surface area contributed by atoms with Crippen LogP contribution in [0, 0.1) is 40.4 Å². The Morgan fingerprint density at radius 2 is 1.62 bits per heavy atom. The molecule has 4 nitrogen and oxygen atoms in total. The Hall–Kier alpha value is -0.610. The second-order valence-corrected chi connectivity index (χ2v) is 10.3. The van der Waals surface area contributed by atoms with E-state index in [0.717, 1.165) is 31.4 Å². The van der Waals surface area contributed by atoms with E-state index in [-0.39, 0.29) is 23.5 Å². The quantitative estimate of drug-likeness (QED) is 0.576. The van der Waals surface area contributed by atoms with Crippen LogP contribution in [-0.4, -0.2) is 35.2 Å². The zero-order valence-corrected chi connectivity index (χ0v) is 16.9. The summed E-state index contributed by atoms with van der Waals surface area (Å²) in [5.41, 5.74) is 1.65. The van der Waals surface area contributed by atoms with Gasteiger partial charge in [0.05, 0.1) is 17.9 Å². The predicted molar refractivity (Wildman–Crippen MR) is 103 cm³/mol. The van der Waals surface area contributed by atoms with Gasteiger partial charge in [0.2, 0.25) is 0 Å². The molecule has 0 heterocycles. The van der Waals surface area contributed by atoms with Crippen molar-refractivity contribution in [3.8, 4) is 0 Å². The highest BCUT2D eigenvalue weighted by molar-refractivity contribution is 5.85. The van der Waals surface area contributed by atoms with Gasteiger partial charge in [0.1, 0.15) is 7.11 Å². The first-order valence-corrected chi connectivity index (χ1v) is 10.7. The smallest absolute Gasteiger partial charge is 0.106 e. The molecule has 0 bridgehead atoms. The second kappa shape index (κ2) is 6.48. The van der Waals surface area contributed by atoms with Gasteiger partial charge in [-0.05, 0) is 92.8 Å². The lowest BCUT2D eigenvalue weighted by molar-refractivity contribution is -0.169. The highest BCUT2D eigenvalue weighted by Gasteiger charge is 2.62. The van der Waals surface area contributed by atoms with Crippen molar-refractivity contribution in [2.45, 2.75) is 84.3 Å². The van der Waals surface area contributed by atoms with Crippen LogP contribution in [0.5, 0.6) is 0 Å². The number of hydrogen-bond acceptors (Lipinski definition) is 4. The van der Waals surface area contributed by atoms with Gasteiger partial charge in [-0.3, -0.25) is 0 Å². The number of nitrogens with zero attached hydrogens (tertiary/aromatic N) is 1. The molecule has 4 rings (SSSR count). The summed E-state index contributed by atoms with van der Waals surface area (Å²) in [5.74, 6) is 2.82. The SMILES string of the molecule is CO/N=C(\C)[C@H]1CC[C@H]2[C@@H]3C[C@H](O)[C@@H]4C[C@H](O)CC[C@]4(C)[C@H]3CC[C@]12C. The molecule has 9 atom stereocenters. The van der Waals surface area contributed by atoms with Crippen LogP contribution in [0.15, 0.2) is 5.16 Å². The molecule has 4 heteroatoms. The molecule has 0 aromatic rings. The first-order chi connectivity index (χ1) is 12.3. The van der Waals surface area contributed by atoms with Crippen molar-refractivity contribution in [1.29, 1.82) is 0 Å². The number of hydrogen-bond donors (Lipinski definition) is 2. The minimum Gasteiger partial charge on any atom is -0.399 e. The van der Waals surface area contributed by atoms with Crippen molar-refractivity contribution in [1.82, 2.24) is 0 Å². The van der Waals surface area contributed by atoms with Crippen molar-refractivity contribution in [2.24, 2.45) is 45.6 Å². The van der Waals surface area contributed by atoms with Crippen LogP contribution < -0.4 is 0 Å². The number of fused-ring (bicyclic) bond motifs is 5. The third kappa shape index (κ3) is 2.58. The molecule has 0 aromatic carbocycles. The molecule has 0 radical (unpaired) electrons. The maximum absolute atomic E-state index is 11.0. The third-order valence-corrected chi connectivity index (χ3v) is 9.39. The van der Waals surface area contributed by atoms with E-state index in [1.54, 1.807) is 7.11 Å². The van der Waals surface area contributed by atoms with Gasteiger partial charge >= 0.3 is 0 Å². The van der Waals surface area contributed by atoms with Crippen molar-refractivity contribution < 1.29 is 15.1 Å². The van der Waals surface area contributed by atoms with Gasteiger partial charge in [-0.15, -0.1) is 0 Å². The normalized spacial score (nSPS) is 54.2. The average molecular weight is 364 g/mol. The van der Waals surface area contributed by atoms with Crippen molar-refractivity contribution in [2.75, 3.05) is 7.11 Å². The summed E-state index contributed by atoms with van der Waals surface area (Å²) in [6.07, 6.45) is 8.26. The standard InChI is InChI=1S/C22H37NO3/c1-13(23-26-4)16-5-6-17-15-12-20(25)19-11-14(24)7-9-22(19,3)18(15)8-10-21(16,17)2/h14-20,24-25H,5-12H2,1-4H3/b23-13+/t14-,15+,16-,17+,18+,19+,20+,21-,22-/m1/s1. The first-order valence-electron chi connectivity index (χ1n) is 10.7. The van der Waals surface area contributed by atoms with Crippen LogP contribution in [-0.2, 0) is 4.84 Å².